The van der Waals surface area contributed by atoms with Gasteiger partial charge in [0, 0.05) is 24.5 Å². The third-order valence-corrected chi connectivity index (χ3v) is 3.45. The SMILES string of the molecule is S=C(NCc1cccnc1)NN=Cc1ccc(-c2ccccc2)o1. The zero-order valence-corrected chi connectivity index (χ0v) is 13.7. The van der Waals surface area contributed by atoms with Gasteiger partial charge >= 0.3 is 0 Å². The standard InChI is InChI=1S/C18H16N4OS/c24-18(20-12-14-5-4-10-19-11-14)22-21-13-16-8-9-17(23-16)15-6-2-1-3-7-15/h1-11,13H,12H2,(H2,20,22,24). The second-order valence-electron chi connectivity index (χ2n) is 4.98. The first kappa shape index (κ1) is 15.9. The molecule has 0 atom stereocenters. The van der Waals surface area contributed by atoms with Crippen molar-refractivity contribution in [3.8, 4) is 11.3 Å². The molecule has 0 fully saturated rings. The average Bonchev–Trinajstić information content (AvgIpc) is 3.11. The molecule has 0 bridgehead atoms. The number of hydrogen-bond acceptors (Lipinski definition) is 4. The second-order valence-corrected chi connectivity index (χ2v) is 5.39. The van der Waals surface area contributed by atoms with Gasteiger partial charge in [-0.15, -0.1) is 0 Å². The number of hydrazone groups is 1. The minimum absolute atomic E-state index is 0.435. The largest absolute Gasteiger partial charge is 0.455 e. The molecule has 0 spiro atoms. The fraction of sp³-hybridized carbons (Fsp3) is 0.0556. The molecule has 1 aromatic carbocycles. The van der Waals surface area contributed by atoms with E-state index in [1.165, 1.54) is 0 Å². The number of nitrogens with zero attached hydrogens (tertiary/aromatic N) is 2. The third kappa shape index (κ3) is 4.50. The van der Waals surface area contributed by atoms with Gasteiger partial charge in [0.1, 0.15) is 11.5 Å². The zero-order chi connectivity index (χ0) is 16.6. The third-order valence-electron chi connectivity index (χ3n) is 3.22. The van der Waals surface area contributed by atoms with Crippen LogP contribution < -0.4 is 10.7 Å². The lowest BCUT2D eigenvalue weighted by Crippen LogP contribution is -2.31. The van der Waals surface area contributed by atoms with Gasteiger partial charge in [0.15, 0.2) is 5.11 Å². The molecule has 0 saturated carbocycles. The highest BCUT2D eigenvalue weighted by Crippen LogP contribution is 2.20. The number of pyridine rings is 1. The van der Waals surface area contributed by atoms with Gasteiger partial charge in [-0.05, 0) is 36.0 Å². The van der Waals surface area contributed by atoms with Crippen LogP contribution in [-0.4, -0.2) is 16.3 Å². The Bertz CT molecular complexity index is 815. The quantitative estimate of drug-likeness (QED) is 0.425. The van der Waals surface area contributed by atoms with Crippen LogP contribution in [0.15, 0.2) is 76.5 Å². The number of rotatable bonds is 5. The van der Waals surface area contributed by atoms with Crippen LogP contribution in [0, 0.1) is 0 Å². The van der Waals surface area contributed by atoms with Crippen molar-refractivity contribution in [1.29, 1.82) is 0 Å². The molecule has 5 nitrogen and oxygen atoms in total. The van der Waals surface area contributed by atoms with E-state index in [-0.39, 0.29) is 0 Å². The number of furan rings is 1. The first-order valence-corrected chi connectivity index (χ1v) is 7.83. The van der Waals surface area contributed by atoms with Crippen LogP contribution in [0.25, 0.3) is 11.3 Å². The fourth-order valence-electron chi connectivity index (χ4n) is 2.06. The molecule has 2 N–H and O–H groups in total. The maximum Gasteiger partial charge on any atom is 0.187 e. The maximum atomic E-state index is 5.72. The van der Waals surface area contributed by atoms with Crippen LogP contribution in [0.3, 0.4) is 0 Å². The van der Waals surface area contributed by atoms with Crippen molar-refractivity contribution in [2.45, 2.75) is 6.54 Å². The molecule has 0 aliphatic rings. The molecule has 120 valence electrons. The van der Waals surface area contributed by atoms with Crippen LogP contribution in [-0.2, 0) is 6.54 Å². The molecule has 3 aromatic rings. The molecule has 3 rings (SSSR count). The maximum absolute atomic E-state index is 5.72. The van der Waals surface area contributed by atoms with Gasteiger partial charge < -0.3 is 9.73 Å². The number of aromatic nitrogens is 1. The van der Waals surface area contributed by atoms with E-state index in [9.17, 15) is 0 Å². The van der Waals surface area contributed by atoms with Crippen molar-refractivity contribution in [3.63, 3.8) is 0 Å². The highest BCUT2D eigenvalue weighted by atomic mass is 32.1. The van der Waals surface area contributed by atoms with E-state index in [0.717, 1.165) is 16.9 Å². The van der Waals surface area contributed by atoms with Crippen molar-refractivity contribution < 1.29 is 4.42 Å². The minimum Gasteiger partial charge on any atom is -0.455 e. The van der Waals surface area contributed by atoms with Gasteiger partial charge in [0.2, 0.25) is 0 Å². The molecule has 0 aliphatic carbocycles. The summed E-state index contributed by atoms with van der Waals surface area (Å²) in [4.78, 5) is 4.05. The topological polar surface area (TPSA) is 62.5 Å². The van der Waals surface area contributed by atoms with Gasteiger partial charge in [-0.3, -0.25) is 10.4 Å². The lowest BCUT2D eigenvalue weighted by molar-refractivity contribution is 0.574. The predicted molar refractivity (Wildman–Crippen MR) is 98.5 cm³/mol. The van der Waals surface area contributed by atoms with E-state index in [1.807, 2.05) is 54.6 Å². The van der Waals surface area contributed by atoms with E-state index in [1.54, 1.807) is 18.6 Å². The highest BCUT2D eigenvalue weighted by Gasteiger charge is 2.02. The van der Waals surface area contributed by atoms with E-state index in [0.29, 0.717) is 17.4 Å². The number of benzene rings is 1. The predicted octanol–water partition coefficient (Wildman–Crippen LogP) is 3.34. The summed E-state index contributed by atoms with van der Waals surface area (Å²) in [6, 6.07) is 17.5. The molecule has 24 heavy (non-hydrogen) atoms. The molecule has 6 heteroatoms. The lowest BCUT2D eigenvalue weighted by Gasteiger charge is -2.06. The summed E-state index contributed by atoms with van der Waals surface area (Å²) >= 11 is 5.16. The molecule has 0 amide bonds. The Hall–Kier alpha value is -2.99. The highest BCUT2D eigenvalue weighted by molar-refractivity contribution is 7.80. The Morgan fingerprint density at radius 3 is 2.79 bits per heavy atom. The van der Waals surface area contributed by atoms with Gasteiger partial charge in [-0.25, -0.2) is 0 Å². The molecule has 0 unspecified atom stereocenters. The lowest BCUT2D eigenvalue weighted by atomic mass is 10.2. The van der Waals surface area contributed by atoms with Crippen molar-refractivity contribution in [3.05, 3.63) is 78.3 Å². The van der Waals surface area contributed by atoms with Gasteiger partial charge in [0.05, 0.1) is 6.21 Å². The summed E-state index contributed by atoms with van der Waals surface area (Å²) in [5.41, 5.74) is 4.83. The van der Waals surface area contributed by atoms with Gasteiger partial charge in [-0.1, -0.05) is 36.4 Å². The molecule has 0 radical (unpaired) electrons. The number of hydrogen-bond donors (Lipinski definition) is 2. The Labute approximate surface area is 145 Å². The summed E-state index contributed by atoms with van der Waals surface area (Å²) < 4.78 is 5.72. The van der Waals surface area contributed by atoms with E-state index in [2.05, 4.69) is 20.8 Å². The van der Waals surface area contributed by atoms with Crippen LogP contribution >= 0.6 is 12.2 Å². The summed E-state index contributed by atoms with van der Waals surface area (Å²) in [5.74, 6) is 1.45. The molecule has 0 aliphatic heterocycles. The minimum atomic E-state index is 0.435. The molecular formula is C18H16N4OS. The Balaban J connectivity index is 1.49. The van der Waals surface area contributed by atoms with Crippen molar-refractivity contribution in [2.75, 3.05) is 0 Å². The Morgan fingerprint density at radius 2 is 2.00 bits per heavy atom. The van der Waals surface area contributed by atoms with E-state index >= 15 is 0 Å². The van der Waals surface area contributed by atoms with Crippen molar-refractivity contribution in [2.24, 2.45) is 5.10 Å². The van der Waals surface area contributed by atoms with Crippen LogP contribution in [0.2, 0.25) is 0 Å². The summed E-state index contributed by atoms with van der Waals surface area (Å²) in [5, 5.41) is 7.56. The first-order chi connectivity index (χ1) is 11.8. The normalized spacial score (nSPS) is 10.7. The average molecular weight is 336 g/mol. The fourth-order valence-corrected chi connectivity index (χ4v) is 2.18. The monoisotopic (exact) mass is 336 g/mol. The molecular weight excluding hydrogens is 320 g/mol. The number of nitrogens with one attached hydrogen (secondary N) is 2. The Kier molecular flexibility index (Phi) is 5.32. The Morgan fingerprint density at radius 1 is 1.12 bits per heavy atom. The first-order valence-electron chi connectivity index (χ1n) is 7.42. The van der Waals surface area contributed by atoms with Crippen molar-refractivity contribution >= 4 is 23.5 Å². The molecule has 2 heterocycles. The summed E-state index contributed by atoms with van der Waals surface area (Å²) in [6.45, 7) is 0.591. The van der Waals surface area contributed by atoms with Gasteiger partial charge in [-0.2, -0.15) is 5.10 Å². The van der Waals surface area contributed by atoms with Crippen LogP contribution in [0.5, 0.6) is 0 Å². The van der Waals surface area contributed by atoms with E-state index in [4.69, 9.17) is 16.6 Å². The molecule has 2 aromatic heterocycles. The summed E-state index contributed by atoms with van der Waals surface area (Å²) in [6.07, 6.45) is 5.11. The zero-order valence-electron chi connectivity index (χ0n) is 12.8. The van der Waals surface area contributed by atoms with Gasteiger partial charge in [0.25, 0.3) is 0 Å². The second kappa shape index (κ2) is 8.03. The van der Waals surface area contributed by atoms with Crippen LogP contribution in [0.1, 0.15) is 11.3 Å². The smallest absolute Gasteiger partial charge is 0.187 e. The summed E-state index contributed by atoms with van der Waals surface area (Å²) in [7, 11) is 0. The van der Waals surface area contributed by atoms with E-state index < -0.39 is 0 Å². The number of thiocarbonyl (C=S) groups is 1. The van der Waals surface area contributed by atoms with Crippen LogP contribution in [0.4, 0.5) is 0 Å². The van der Waals surface area contributed by atoms with Crippen molar-refractivity contribution in [1.82, 2.24) is 15.7 Å². The molecule has 0 saturated heterocycles.